The van der Waals surface area contributed by atoms with E-state index in [1.165, 1.54) is 11.8 Å². The zero-order valence-electron chi connectivity index (χ0n) is 24.0. The van der Waals surface area contributed by atoms with Crippen LogP contribution in [-0.2, 0) is 30.4 Å². The highest BCUT2D eigenvalue weighted by Gasteiger charge is 2.31. The van der Waals surface area contributed by atoms with Gasteiger partial charge in [0.05, 0.1) is 6.04 Å². The number of rotatable bonds is 19. The molecule has 236 valence electrons. The number of carboxylic acid groups (broad SMARTS) is 1. The van der Waals surface area contributed by atoms with Crippen LogP contribution in [-0.4, -0.2) is 88.4 Å². The number of thioether (sulfide) groups is 1. The summed E-state index contributed by atoms with van der Waals surface area (Å²) in [5.74, 6) is -3.64. The predicted octanol–water partition coefficient (Wildman–Crippen LogP) is -1.35. The molecule has 15 nitrogen and oxygen atoms in total. The normalized spacial score (nSPS) is 13.7. The van der Waals surface area contributed by atoms with Gasteiger partial charge in [0, 0.05) is 36.5 Å². The molecule has 0 aliphatic rings. The quantitative estimate of drug-likeness (QED) is 0.0506. The SMILES string of the molecule is CSCCC(NC(=O)C(N)CCCN=C(N)N)C(=O)NC(CCC(N)=O)C(=O)NC(Cc1c[nH]c2ccccc12)C(=O)O. The van der Waals surface area contributed by atoms with Gasteiger partial charge in [-0.3, -0.25) is 24.2 Å². The number of aromatic nitrogens is 1. The molecule has 1 aromatic carbocycles. The topological polar surface area (TPSA) is 274 Å². The molecule has 16 heteroatoms. The summed E-state index contributed by atoms with van der Waals surface area (Å²) in [5.41, 5.74) is 23.3. The molecular weight excluding hydrogens is 578 g/mol. The number of fused-ring (bicyclic) bond motifs is 1. The Morgan fingerprint density at radius 1 is 0.930 bits per heavy atom. The van der Waals surface area contributed by atoms with Gasteiger partial charge in [-0.2, -0.15) is 11.8 Å². The van der Waals surface area contributed by atoms with Gasteiger partial charge in [-0.1, -0.05) is 18.2 Å². The molecule has 43 heavy (non-hydrogen) atoms. The molecule has 13 N–H and O–H groups in total. The number of hydrogen-bond donors (Lipinski definition) is 9. The first kappa shape index (κ1) is 34.9. The largest absolute Gasteiger partial charge is 0.480 e. The molecule has 0 fully saturated rings. The van der Waals surface area contributed by atoms with E-state index in [9.17, 15) is 29.1 Å². The summed E-state index contributed by atoms with van der Waals surface area (Å²) in [5, 5.41) is 18.3. The van der Waals surface area contributed by atoms with Crippen LogP contribution in [0.3, 0.4) is 0 Å². The fraction of sp³-hybridized carbons (Fsp3) is 0.481. The molecule has 0 saturated heterocycles. The van der Waals surface area contributed by atoms with Crippen LogP contribution >= 0.6 is 11.8 Å². The molecule has 0 radical (unpaired) electrons. The van der Waals surface area contributed by atoms with Crippen LogP contribution in [0.5, 0.6) is 0 Å². The Bertz CT molecular complexity index is 1300. The van der Waals surface area contributed by atoms with E-state index in [2.05, 4.69) is 25.9 Å². The molecule has 0 spiro atoms. The fourth-order valence-electron chi connectivity index (χ4n) is 4.25. The summed E-state index contributed by atoms with van der Waals surface area (Å²) in [6.07, 6.45) is 3.96. The number of carbonyl (C=O) groups excluding carboxylic acids is 4. The smallest absolute Gasteiger partial charge is 0.326 e. The number of hydrogen-bond acceptors (Lipinski definition) is 8. The zero-order valence-corrected chi connectivity index (χ0v) is 24.8. The van der Waals surface area contributed by atoms with Crippen LogP contribution < -0.4 is 38.9 Å². The van der Waals surface area contributed by atoms with Crippen molar-refractivity contribution in [3.8, 4) is 0 Å². The summed E-state index contributed by atoms with van der Waals surface area (Å²) in [7, 11) is 0. The first-order chi connectivity index (χ1) is 20.4. The predicted molar refractivity (Wildman–Crippen MR) is 165 cm³/mol. The van der Waals surface area contributed by atoms with E-state index in [0.29, 0.717) is 17.7 Å². The lowest BCUT2D eigenvalue weighted by Gasteiger charge is -2.25. The first-order valence-corrected chi connectivity index (χ1v) is 15.1. The van der Waals surface area contributed by atoms with Gasteiger partial charge in [-0.15, -0.1) is 0 Å². The Hall–Kier alpha value is -4.31. The second-order valence-electron chi connectivity index (χ2n) is 9.93. The van der Waals surface area contributed by atoms with Crippen LogP contribution in [0, 0.1) is 0 Å². The number of benzene rings is 1. The third-order valence-corrected chi connectivity index (χ3v) is 7.22. The maximum absolute atomic E-state index is 13.3. The monoisotopic (exact) mass is 619 g/mol. The van der Waals surface area contributed by atoms with Crippen molar-refractivity contribution in [3.63, 3.8) is 0 Å². The Balaban J connectivity index is 2.14. The summed E-state index contributed by atoms with van der Waals surface area (Å²) < 4.78 is 0. The first-order valence-electron chi connectivity index (χ1n) is 13.7. The minimum absolute atomic E-state index is 0.0327. The number of carboxylic acids is 1. The lowest BCUT2D eigenvalue weighted by Crippen LogP contribution is -2.57. The van der Waals surface area contributed by atoms with Gasteiger partial charge in [-0.05, 0) is 49.3 Å². The second kappa shape index (κ2) is 17.6. The summed E-state index contributed by atoms with van der Waals surface area (Å²) in [6, 6.07) is 2.71. The van der Waals surface area contributed by atoms with Gasteiger partial charge in [-0.25, -0.2) is 4.79 Å². The van der Waals surface area contributed by atoms with Crippen molar-refractivity contribution in [3.05, 3.63) is 36.0 Å². The minimum atomic E-state index is -1.33. The van der Waals surface area contributed by atoms with E-state index in [-0.39, 0.29) is 44.6 Å². The van der Waals surface area contributed by atoms with E-state index < -0.39 is 53.8 Å². The Labute approximate surface area is 253 Å². The number of nitrogens with two attached hydrogens (primary N) is 4. The number of H-pyrrole nitrogens is 1. The molecular formula is C27H41N9O6S. The maximum atomic E-state index is 13.3. The van der Waals surface area contributed by atoms with E-state index >= 15 is 0 Å². The van der Waals surface area contributed by atoms with Gasteiger partial charge in [0.15, 0.2) is 5.96 Å². The number of primary amides is 1. The Kier molecular flexibility index (Phi) is 14.3. The minimum Gasteiger partial charge on any atom is -0.480 e. The molecule has 2 rings (SSSR count). The molecule has 0 aliphatic carbocycles. The molecule has 0 aliphatic heterocycles. The molecule has 1 heterocycles. The standard InChI is InChI=1S/C27H41N9O6S/c1-43-12-10-20(34-23(38)17(28)6-4-11-32-27(30)31)25(40)35-19(8-9-22(29)37)24(39)36-21(26(41)42)13-15-14-33-18-7-3-2-5-16(15)18/h2-3,5,7,14,17,19-21,33H,4,6,8-13,28H2,1H3,(H2,29,37)(H,34,38)(H,35,40)(H,36,39)(H,41,42)(H4,30,31,32). The number of para-hydroxylation sites is 1. The van der Waals surface area contributed by atoms with Crippen LogP contribution in [0.2, 0.25) is 0 Å². The van der Waals surface area contributed by atoms with Gasteiger partial charge >= 0.3 is 5.97 Å². The van der Waals surface area contributed by atoms with Crippen LogP contribution in [0.1, 0.15) is 37.7 Å². The van der Waals surface area contributed by atoms with Gasteiger partial charge < -0.3 is 49.0 Å². The number of guanidine groups is 1. The lowest BCUT2D eigenvalue weighted by atomic mass is 10.0. The molecule has 1 aromatic heterocycles. The van der Waals surface area contributed by atoms with Gasteiger partial charge in [0.2, 0.25) is 23.6 Å². The highest BCUT2D eigenvalue weighted by molar-refractivity contribution is 7.98. The molecule has 4 atom stereocenters. The third kappa shape index (κ3) is 11.8. The van der Waals surface area contributed by atoms with E-state index in [1.807, 2.05) is 30.5 Å². The highest BCUT2D eigenvalue weighted by atomic mass is 32.2. The number of carbonyl (C=O) groups is 5. The molecule has 2 aromatic rings. The number of nitrogens with one attached hydrogen (secondary N) is 4. The summed E-state index contributed by atoms with van der Waals surface area (Å²) in [6.45, 7) is 0.286. The van der Waals surface area contributed by atoms with Crippen LogP contribution in [0.4, 0.5) is 0 Å². The van der Waals surface area contributed by atoms with Crippen molar-refractivity contribution < 1.29 is 29.1 Å². The molecule has 4 unspecified atom stereocenters. The maximum Gasteiger partial charge on any atom is 0.326 e. The third-order valence-electron chi connectivity index (χ3n) is 6.57. The fourth-order valence-corrected chi connectivity index (χ4v) is 4.73. The van der Waals surface area contributed by atoms with E-state index in [1.54, 1.807) is 6.20 Å². The van der Waals surface area contributed by atoms with Crippen molar-refractivity contribution in [2.24, 2.45) is 27.9 Å². The van der Waals surface area contributed by atoms with Gasteiger partial charge in [0.25, 0.3) is 0 Å². The van der Waals surface area contributed by atoms with Crippen molar-refractivity contribution >= 4 is 58.2 Å². The lowest BCUT2D eigenvalue weighted by molar-refractivity contribution is -0.142. The molecule has 0 saturated carbocycles. The second-order valence-corrected chi connectivity index (χ2v) is 10.9. The summed E-state index contributed by atoms with van der Waals surface area (Å²) in [4.78, 5) is 69.8. The van der Waals surface area contributed by atoms with E-state index in [4.69, 9.17) is 22.9 Å². The number of aliphatic imine (C=N–C) groups is 1. The summed E-state index contributed by atoms with van der Waals surface area (Å²) >= 11 is 1.45. The van der Waals surface area contributed by atoms with Crippen molar-refractivity contribution in [1.29, 1.82) is 0 Å². The van der Waals surface area contributed by atoms with E-state index in [0.717, 1.165) is 10.9 Å². The number of amides is 4. The zero-order chi connectivity index (χ0) is 31.9. The van der Waals surface area contributed by atoms with Crippen molar-refractivity contribution in [2.45, 2.75) is 62.7 Å². The van der Waals surface area contributed by atoms with Crippen LogP contribution in [0.15, 0.2) is 35.5 Å². The number of aromatic amines is 1. The molecule has 4 amide bonds. The van der Waals surface area contributed by atoms with Crippen LogP contribution in [0.25, 0.3) is 10.9 Å². The molecule has 0 bridgehead atoms. The van der Waals surface area contributed by atoms with Crippen molar-refractivity contribution in [2.75, 3.05) is 18.6 Å². The van der Waals surface area contributed by atoms with Crippen molar-refractivity contribution in [1.82, 2.24) is 20.9 Å². The average molecular weight is 620 g/mol. The number of nitrogens with zero attached hydrogens (tertiary/aromatic N) is 1. The average Bonchev–Trinajstić information content (AvgIpc) is 3.37. The Morgan fingerprint density at radius 3 is 2.19 bits per heavy atom. The Morgan fingerprint density at radius 2 is 1.56 bits per heavy atom. The highest BCUT2D eigenvalue weighted by Crippen LogP contribution is 2.19. The number of aliphatic carboxylic acids is 1. The van der Waals surface area contributed by atoms with Gasteiger partial charge in [0.1, 0.15) is 18.1 Å².